The zero-order valence-corrected chi connectivity index (χ0v) is 20.3. The first-order chi connectivity index (χ1) is 17.5. The molecule has 0 aliphatic heterocycles. The van der Waals surface area contributed by atoms with Crippen molar-refractivity contribution in [2.24, 2.45) is 0 Å². The number of alkyl halides is 6. The van der Waals surface area contributed by atoms with E-state index < -0.39 is 23.9 Å². The summed E-state index contributed by atoms with van der Waals surface area (Å²) in [6, 6.07) is 14.2. The molecule has 0 aliphatic rings. The Bertz CT molecular complexity index is 1400. The number of nitrogens with one attached hydrogen (secondary N) is 2. The Morgan fingerprint density at radius 3 is 2.41 bits per heavy atom. The standard InChI is InChI=1S/C25H21F6N3O2S/c1-32-13-15-14-34(37-19-5-3-4-16(10-19)24(26,27)28)22-11-17(6-8-20(15)22)33-21-9-7-18(12-23(21)35-2)36-25(29,30)31/h3-12,14,32-33H,13H2,1-2H3. The van der Waals surface area contributed by atoms with Crippen LogP contribution in [0.5, 0.6) is 11.5 Å². The Balaban J connectivity index is 1.68. The Morgan fingerprint density at radius 1 is 0.946 bits per heavy atom. The third-order valence-corrected chi connectivity index (χ3v) is 6.24. The molecule has 0 amide bonds. The fourth-order valence-electron chi connectivity index (χ4n) is 3.72. The van der Waals surface area contributed by atoms with Crippen molar-refractivity contribution in [1.29, 1.82) is 0 Å². The maximum atomic E-state index is 13.2. The van der Waals surface area contributed by atoms with Gasteiger partial charge in [-0.15, -0.1) is 13.2 Å². The van der Waals surface area contributed by atoms with Crippen LogP contribution in [-0.2, 0) is 12.7 Å². The van der Waals surface area contributed by atoms with Gasteiger partial charge in [-0.2, -0.15) is 13.2 Å². The third kappa shape index (κ3) is 6.44. The molecule has 0 saturated heterocycles. The molecule has 0 unspecified atom stereocenters. The first-order valence-electron chi connectivity index (χ1n) is 10.8. The van der Waals surface area contributed by atoms with Crippen molar-refractivity contribution in [3.8, 4) is 11.5 Å². The van der Waals surface area contributed by atoms with Gasteiger partial charge in [0.15, 0.2) is 0 Å². The molecule has 1 heterocycles. The number of anilines is 2. The van der Waals surface area contributed by atoms with Gasteiger partial charge in [-0.1, -0.05) is 12.1 Å². The molecule has 0 aliphatic carbocycles. The van der Waals surface area contributed by atoms with E-state index in [1.165, 1.54) is 19.2 Å². The summed E-state index contributed by atoms with van der Waals surface area (Å²) in [5.74, 6) is -0.292. The quantitative estimate of drug-likeness (QED) is 0.225. The minimum atomic E-state index is -4.83. The van der Waals surface area contributed by atoms with E-state index in [4.69, 9.17) is 4.74 Å². The van der Waals surface area contributed by atoms with Gasteiger partial charge in [-0.05, 0) is 67.0 Å². The van der Waals surface area contributed by atoms with Crippen LogP contribution >= 0.6 is 11.9 Å². The summed E-state index contributed by atoms with van der Waals surface area (Å²) in [5.41, 5.74) is 1.92. The number of aromatic nitrogens is 1. The van der Waals surface area contributed by atoms with E-state index >= 15 is 0 Å². The zero-order chi connectivity index (χ0) is 26.8. The normalized spacial score (nSPS) is 12.1. The highest BCUT2D eigenvalue weighted by Gasteiger charge is 2.32. The Kier molecular flexibility index (Phi) is 7.51. The maximum Gasteiger partial charge on any atom is 0.573 e. The van der Waals surface area contributed by atoms with Gasteiger partial charge in [0.05, 0.1) is 23.9 Å². The van der Waals surface area contributed by atoms with Gasteiger partial charge in [0.2, 0.25) is 0 Å². The number of ether oxygens (including phenoxy) is 2. The Hall–Kier alpha value is -3.51. The lowest BCUT2D eigenvalue weighted by molar-refractivity contribution is -0.274. The van der Waals surface area contributed by atoms with Crippen molar-refractivity contribution >= 4 is 34.2 Å². The first-order valence-corrected chi connectivity index (χ1v) is 11.6. The molecule has 0 spiro atoms. The molecule has 0 radical (unpaired) electrons. The molecular weight excluding hydrogens is 520 g/mol. The topological polar surface area (TPSA) is 47.5 Å². The SMILES string of the molecule is CNCc1cn(Sc2cccc(C(F)(F)F)c2)c2cc(Nc3ccc(OC(F)(F)F)cc3OC)ccc12. The van der Waals surface area contributed by atoms with E-state index in [0.717, 1.165) is 52.7 Å². The van der Waals surface area contributed by atoms with Gasteiger partial charge in [-0.25, -0.2) is 0 Å². The van der Waals surface area contributed by atoms with E-state index in [-0.39, 0.29) is 5.75 Å². The lowest BCUT2D eigenvalue weighted by atomic mass is 10.1. The largest absolute Gasteiger partial charge is 0.573 e. The molecule has 0 saturated carbocycles. The second kappa shape index (κ2) is 10.5. The van der Waals surface area contributed by atoms with Gasteiger partial charge in [0.25, 0.3) is 0 Å². The number of benzene rings is 3. The van der Waals surface area contributed by atoms with Crippen LogP contribution in [0.25, 0.3) is 10.9 Å². The van der Waals surface area contributed by atoms with Crippen LogP contribution in [0.3, 0.4) is 0 Å². The molecule has 0 fully saturated rings. The summed E-state index contributed by atoms with van der Waals surface area (Å²) < 4.78 is 88.2. The maximum absolute atomic E-state index is 13.2. The molecule has 5 nitrogen and oxygen atoms in total. The number of hydrogen-bond donors (Lipinski definition) is 2. The van der Waals surface area contributed by atoms with E-state index in [0.29, 0.717) is 22.8 Å². The molecular formula is C25H21F6N3O2S. The predicted octanol–water partition coefficient (Wildman–Crippen LogP) is 7.59. The van der Waals surface area contributed by atoms with Crippen LogP contribution in [0.1, 0.15) is 11.1 Å². The van der Waals surface area contributed by atoms with Gasteiger partial charge in [-0.3, -0.25) is 3.97 Å². The summed E-state index contributed by atoms with van der Waals surface area (Å²) >= 11 is 1.14. The van der Waals surface area contributed by atoms with E-state index in [2.05, 4.69) is 15.4 Å². The molecule has 4 rings (SSSR count). The summed E-state index contributed by atoms with van der Waals surface area (Å²) in [6.07, 6.45) is -7.44. The van der Waals surface area contributed by atoms with Crippen LogP contribution in [0.15, 0.2) is 71.8 Å². The molecule has 4 aromatic rings. The van der Waals surface area contributed by atoms with E-state index in [9.17, 15) is 26.3 Å². The number of nitrogens with zero attached hydrogens (tertiary/aromatic N) is 1. The third-order valence-electron chi connectivity index (χ3n) is 5.27. The smallest absolute Gasteiger partial charge is 0.494 e. The molecule has 3 aromatic carbocycles. The molecule has 1 aromatic heterocycles. The first kappa shape index (κ1) is 26.6. The van der Waals surface area contributed by atoms with Gasteiger partial charge in [0.1, 0.15) is 11.5 Å². The van der Waals surface area contributed by atoms with Crippen molar-refractivity contribution in [2.45, 2.75) is 24.0 Å². The van der Waals surface area contributed by atoms with Crippen LogP contribution in [0.4, 0.5) is 37.7 Å². The lowest BCUT2D eigenvalue weighted by Crippen LogP contribution is -2.17. The van der Waals surface area contributed by atoms with Crippen molar-refractivity contribution in [1.82, 2.24) is 9.29 Å². The second-order valence-electron chi connectivity index (χ2n) is 7.89. The number of methoxy groups -OCH3 is 1. The van der Waals surface area contributed by atoms with Crippen LogP contribution in [-0.4, -0.2) is 24.5 Å². The number of hydrogen-bond acceptors (Lipinski definition) is 5. The van der Waals surface area contributed by atoms with E-state index in [1.807, 2.05) is 12.3 Å². The number of fused-ring (bicyclic) bond motifs is 1. The van der Waals surface area contributed by atoms with Crippen molar-refractivity contribution in [2.75, 3.05) is 19.5 Å². The highest BCUT2D eigenvalue weighted by Crippen LogP contribution is 2.37. The van der Waals surface area contributed by atoms with Crippen molar-refractivity contribution < 1.29 is 35.8 Å². The number of rotatable bonds is 8. The molecule has 2 N–H and O–H groups in total. The molecule has 37 heavy (non-hydrogen) atoms. The van der Waals surface area contributed by atoms with Gasteiger partial charge in [0, 0.05) is 34.8 Å². The molecule has 0 atom stereocenters. The molecule has 12 heteroatoms. The van der Waals surface area contributed by atoms with Crippen LogP contribution in [0.2, 0.25) is 0 Å². The van der Waals surface area contributed by atoms with Crippen molar-refractivity contribution in [3.63, 3.8) is 0 Å². The zero-order valence-electron chi connectivity index (χ0n) is 19.5. The minimum absolute atomic E-state index is 0.131. The Morgan fingerprint density at radius 2 is 1.73 bits per heavy atom. The fraction of sp³-hybridized carbons (Fsp3) is 0.200. The van der Waals surface area contributed by atoms with Gasteiger partial charge >= 0.3 is 12.5 Å². The highest BCUT2D eigenvalue weighted by molar-refractivity contribution is 7.98. The summed E-state index contributed by atoms with van der Waals surface area (Å²) in [7, 11) is 3.11. The van der Waals surface area contributed by atoms with E-state index in [1.54, 1.807) is 29.2 Å². The summed E-state index contributed by atoms with van der Waals surface area (Å²) in [5, 5.41) is 7.09. The average molecular weight is 542 g/mol. The lowest BCUT2D eigenvalue weighted by Gasteiger charge is -2.15. The highest BCUT2D eigenvalue weighted by atomic mass is 32.2. The predicted molar refractivity (Wildman–Crippen MR) is 130 cm³/mol. The number of halogens is 6. The monoisotopic (exact) mass is 541 g/mol. The van der Waals surface area contributed by atoms with Crippen LogP contribution < -0.4 is 20.1 Å². The fourth-order valence-corrected chi connectivity index (χ4v) is 4.70. The Labute approximate surface area is 212 Å². The van der Waals surface area contributed by atoms with Gasteiger partial charge < -0.3 is 20.1 Å². The minimum Gasteiger partial charge on any atom is -0.494 e. The van der Waals surface area contributed by atoms with Crippen molar-refractivity contribution in [3.05, 3.63) is 78.0 Å². The summed E-state index contributed by atoms with van der Waals surface area (Å²) in [4.78, 5) is 0.406. The van der Waals surface area contributed by atoms with Crippen LogP contribution in [0, 0.1) is 0 Å². The second-order valence-corrected chi connectivity index (χ2v) is 8.94. The average Bonchev–Trinajstić information content (AvgIpc) is 3.15. The molecule has 0 bridgehead atoms. The summed E-state index contributed by atoms with van der Waals surface area (Å²) in [6.45, 7) is 0.536. The molecule has 196 valence electrons.